The van der Waals surface area contributed by atoms with Gasteiger partial charge in [0.2, 0.25) is 0 Å². The summed E-state index contributed by atoms with van der Waals surface area (Å²) in [4.78, 5) is 10.0. The molecule has 0 saturated heterocycles. The van der Waals surface area contributed by atoms with Gasteiger partial charge < -0.3 is 0 Å². The predicted molar refractivity (Wildman–Crippen MR) is 148 cm³/mol. The number of rotatable bonds is 4. The minimum Gasteiger partial charge on any atom is -0.293 e. The molecular weight excluding hydrogens is 440 g/mol. The Balaban J connectivity index is 1.37. The Labute approximate surface area is 209 Å². The molecule has 0 bridgehead atoms. The standard InChI is InChI=1S/C32H24N4/c1-3-11-25(12-4-1)35-29-17-9-7-15-27(29)33-31(35)23-19-21-24(22-20-23)32-34-28-16-8-10-18-30(28)36(32)26-13-5-2-6-14-26/h1,3-5,7-22H,2,6H2. The Morgan fingerprint density at radius 1 is 0.528 bits per heavy atom. The second-order valence-electron chi connectivity index (χ2n) is 9.04. The molecule has 4 nitrogen and oxygen atoms in total. The molecule has 0 fully saturated rings. The minimum atomic E-state index is 0.931. The molecule has 6 aromatic rings. The van der Waals surface area contributed by atoms with Gasteiger partial charge >= 0.3 is 0 Å². The number of benzene rings is 4. The molecule has 0 amide bonds. The summed E-state index contributed by atoms with van der Waals surface area (Å²) in [6, 6.07) is 35.7. The van der Waals surface area contributed by atoms with Crippen LogP contribution in [0.4, 0.5) is 0 Å². The van der Waals surface area contributed by atoms with Gasteiger partial charge in [0.05, 0.1) is 22.1 Å². The first-order chi connectivity index (χ1) is 17.9. The number of allylic oxidation sites excluding steroid dienone is 4. The zero-order chi connectivity index (χ0) is 23.9. The van der Waals surface area contributed by atoms with Crippen LogP contribution in [-0.4, -0.2) is 19.1 Å². The van der Waals surface area contributed by atoms with E-state index in [1.54, 1.807) is 0 Å². The minimum absolute atomic E-state index is 0.931. The maximum atomic E-state index is 5.03. The predicted octanol–water partition coefficient (Wildman–Crippen LogP) is 7.90. The van der Waals surface area contributed by atoms with Crippen molar-refractivity contribution in [1.82, 2.24) is 19.1 Å². The highest BCUT2D eigenvalue weighted by Crippen LogP contribution is 2.33. The lowest BCUT2D eigenvalue weighted by Crippen LogP contribution is -2.00. The van der Waals surface area contributed by atoms with Gasteiger partial charge in [-0.25, -0.2) is 9.97 Å². The summed E-state index contributed by atoms with van der Waals surface area (Å²) in [5, 5.41) is 0. The molecule has 36 heavy (non-hydrogen) atoms. The fourth-order valence-electron chi connectivity index (χ4n) is 5.07. The highest BCUT2D eigenvalue weighted by atomic mass is 15.1. The van der Waals surface area contributed by atoms with E-state index in [4.69, 9.17) is 9.97 Å². The van der Waals surface area contributed by atoms with E-state index in [9.17, 15) is 0 Å². The van der Waals surface area contributed by atoms with Crippen molar-refractivity contribution in [2.75, 3.05) is 0 Å². The maximum Gasteiger partial charge on any atom is 0.145 e. The van der Waals surface area contributed by atoms with Crippen molar-refractivity contribution in [3.63, 3.8) is 0 Å². The summed E-state index contributed by atoms with van der Waals surface area (Å²) in [7, 11) is 0. The van der Waals surface area contributed by atoms with Crippen molar-refractivity contribution >= 4 is 27.8 Å². The van der Waals surface area contributed by atoms with Gasteiger partial charge in [-0.05, 0) is 55.3 Å². The van der Waals surface area contributed by atoms with E-state index in [1.807, 2.05) is 18.2 Å². The summed E-state index contributed by atoms with van der Waals surface area (Å²) < 4.78 is 4.51. The molecule has 0 spiro atoms. The molecule has 7 rings (SSSR count). The van der Waals surface area contributed by atoms with Gasteiger partial charge in [-0.1, -0.05) is 78.9 Å². The molecule has 0 aliphatic heterocycles. The van der Waals surface area contributed by atoms with Crippen molar-refractivity contribution in [1.29, 1.82) is 0 Å². The highest BCUT2D eigenvalue weighted by Gasteiger charge is 2.17. The lowest BCUT2D eigenvalue weighted by atomic mass is 10.1. The first-order valence-electron chi connectivity index (χ1n) is 12.3. The normalized spacial score (nSPS) is 13.4. The third kappa shape index (κ3) is 3.38. The molecule has 0 saturated carbocycles. The van der Waals surface area contributed by atoms with Crippen molar-refractivity contribution < 1.29 is 0 Å². The highest BCUT2D eigenvalue weighted by molar-refractivity contribution is 5.87. The number of imidazole rings is 2. The van der Waals surface area contributed by atoms with E-state index in [0.29, 0.717) is 0 Å². The number of nitrogens with zero attached hydrogens (tertiary/aromatic N) is 4. The molecule has 1 aliphatic rings. The Kier molecular flexibility index (Phi) is 4.88. The second kappa shape index (κ2) is 8.51. The Hall–Kier alpha value is -4.70. The fraction of sp³-hybridized carbons (Fsp3) is 0.0625. The van der Waals surface area contributed by atoms with Crippen LogP contribution in [0.2, 0.25) is 0 Å². The first-order valence-corrected chi connectivity index (χ1v) is 12.3. The monoisotopic (exact) mass is 464 g/mol. The van der Waals surface area contributed by atoms with E-state index in [0.717, 1.165) is 63.4 Å². The van der Waals surface area contributed by atoms with Crippen LogP contribution >= 0.6 is 0 Å². The van der Waals surface area contributed by atoms with Crippen LogP contribution in [0.1, 0.15) is 12.8 Å². The SMILES string of the molecule is C1=CC(n2c(-c3ccc(-c4nc5ccccc5n4-c4ccccc4)cc3)nc3ccccc32)=CCC1. The van der Waals surface area contributed by atoms with Crippen LogP contribution in [-0.2, 0) is 0 Å². The molecule has 172 valence electrons. The Morgan fingerprint density at radius 2 is 1.08 bits per heavy atom. The number of para-hydroxylation sites is 5. The molecule has 0 radical (unpaired) electrons. The summed E-state index contributed by atoms with van der Waals surface area (Å²) in [5.74, 6) is 1.89. The van der Waals surface area contributed by atoms with Crippen LogP contribution in [0, 0.1) is 0 Å². The van der Waals surface area contributed by atoms with Crippen molar-refractivity contribution in [2.24, 2.45) is 0 Å². The summed E-state index contributed by atoms with van der Waals surface area (Å²) in [6.45, 7) is 0. The Bertz CT molecular complexity index is 1770. The van der Waals surface area contributed by atoms with E-state index in [2.05, 4.69) is 112 Å². The number of hydrogen-bond donors (Lipinski definition) is 0. The molecule has 0 N–H and O–H groups in total. The number of hydrogen-bond acceptors (Lipinski definition) is 2. The van der Waals surface area contributed by atoms with E-state index < -0.39 is 0 Å². The van der Waals surface area contributed by atoms with Crippen LogP contribution < -0.4 is 0 Å². The third-order valence-corrected chi connectivity index (χ3v) is 6.77. The average molecular weight is 465 g/mol. The van der Waals surface area contributed by atoms with Gasteiger partial charge in [0, 0.05) is 22.5 Å². The van der Waals surface area contributed by atoms with Gasteiger partial charge in [0.15, 0.2) is 0 Å². The summed E-state index contributed by atoms with van der Waals surface area (Å²) in [6.07, 6.45) is 8.88. The molecule has 2 heterocycles. The van der Waals surface area contributed by atoms with Crippen molar-refractivity contribution in [2.45, 2.75) is 12.8 Å². The fourth-order valence-corrected chi connectivity index (χ4v) is 5.07. The third-order valence-electron chi connectivity index (χ3n) is 6.77. The van der Waals surface area contributed by atoms with Gasteiger partial charge in [-0.2, -0.15) is 0 Å². The lowest BCUT2D eigenvalue weighted by molar-refractivity contribution is 1.01. The van der Waals surface area contributed by atoms with E-state index in [1.165, 1.54) is 5.70 Å². The molecule has 0 atom stereocenters. The quantitative estimate of drug-likeness (QED) is 0.266. The first kappa shape index (κ1) is 20.7. The van der Waals surface area contributed by atoms with Gasteiger partial charge in [0.25, 0.3) is 0 Å². The van der Waals surface area contributed by atoms with E-state index in [-0.39, 0.29) is 0 Å². The zero-order valence-electron chi connectivity index (χ0n) is 19.8. The van der Waals surface area contributed by atoms with Crippen LogP contribution in [0.3, 0.4) is 0 Å². The maximum absolute atomic E-state index is 5.03. The van der Waals surface area contributed by atoms with Crippen LogP contribution in [0.5, 0.6) is 0 Å². The molecule has 4 heteroatoms. The lowest BCUT2D eigenvalue weighted by Gasteiger charge is -2.14. The molecule has 1 aliphatic carbocycles. The molecule has 2 aromatic heterocycles. The van der Waals surface area contributed by atoms with Crippen molar-refractivity contribution in [3.8, 4) is 28.5 Å². The second-order valence-corrected chi connectivity index (χ2v) is 9.04. The zero-order valence-corrected chi connectivity index (χ0v) is 19.8. The topological polar surface area (TPSA) is 35.6 Å². The summed E-state index contributed by atoms with van der Waals surface area (Å²) in [5.41, 5.74) is 8.64. The Morgan fingerprint density at radius 3 is 1.69 bits per heavy atom. The summed E-state index contributed by atoms with van der Waals surface area (Å²) >= 11 is 0. The largest absolute Gasteiger partial charge is 0.293 e. The molecular formula is C32H24N4. The van der Waals surface area contributed by atoms with Crippen LogP contribution in [0.25, 0.3) is 56.2 Å². The van der Waals surface area contributed by atoms with Gasteiger partial charge in [-0.3, -0.25) is 9.13 Å². The number of fused-ring (bicyclic) bond motifs is 2. The van der Waals surface area contributed by atoms with Crippen molar-refractivity contribution in [3.05, 3.63) is 121 Å². The van der Waals surface area contributed by atoms with Crippen LogP contribution in [0.15, 0.2) is 121 Å². The van der Waals surface area contributed by atoms with Gasteiger partial charge in [0.1, 0.15) is 11.6 Å². The molecule has 0 unspecified atom stereocenters. The smallest absolute Gasteiger partial charge is 0.145 e. The van der Waals surface area contributed by atoms with E-state index >= 15 is 0 Å². The van der Waals surface area contributed by atoms with Gasteiger partial charge in [-0.15, -0.1) is 0 Å². The number of aromatic nitrogens is 4. The average Bonchev–Trinajstić information content (AvgIpc) is 3.53. The molecule has 4 aromatic carbocycles.